The van der Waals surface area contributed by atoms with Crippen LogP contribution in [0.25, 0.3) is 6.08 Å². The van der Waals surface area contributed by atoms with Gasteiger partial charge in [0.1, 0.15) is 5.82 Å². The van der Waals surface area contributed by atoms with Crippen LogP contribution in [0.15, 0.2) is 35.9 Å². The van der Waals surface area contributed by atoms with Gasteiger partial charge in [0.25, 0.3) is 0 Å². The molecule has 0 bridgehead atoms. The molecule has 3 heteroatoms. The summed E-state index contributed by atoms with van der Waals surface area (Å²) in [6, 6.07) is 6.93. The van der Waals surface area contributed by atoms with E-state index in [1.54, 1.807) is 6.07 Å². The summed E-state index contributed by atoms with van der Waals surface area (Å²) in [6.45, 7) is 2.13. The SMILES string of the molecule is CCCC1=Cc2ccc(C#Cc3ccc(F)c(F)c3)c(F)c2CC1. The Morgan fingerprint density at radius 2 is 1.79 bits per heavy atom. The Bertz CT molecular complexity index is 867. The molecule has 0 aromatic heterocycles. The van der Waals surface area contributed by atoms with E-state index in [4.69, 9.17) is 0 Å². The molecule has 2 aromatic carbocycles. The second kappa shape index (κ2) is 6.97. The van der Waals surface area contributed by atoms with E-state index >= 15 is 0 Å². The highest BCUT2D eigenvalue weighted by Crippen LogP contribution is 2.29. The van der Waals surface area contributed by atoms with Crippen LogP contribution in [0.1, 0.15) is 48.4 Å². The lowest BCUT2D eigenvalue weighted by atomic mass is 9.88. The largest absolute Gasteiger partial charge is 0.205 e. The number of halogens is 3. The van der Waals surface area contributed by atoms with Crippen molar-refractivity contribution >= 4 is 6.08 Å². The van der Waals surface area contributed by atoms with Crippen LogP contribution >= 0.6 is 0 Å². The fourth-order valence-electron chi connectivity index (χ4n) is 2.93. The van der Waals surface area contributed by atoms with Crippen molar-refractivity contribution in [1.82, 2.24) is 0 Å². The van der Waals surface area contributed by atoms with Crippen molar-refractivity contribution in [3.8, 4) is 11.8 Å². The van der Waals surface area contributed by atoms with E-state index in [9.17, 15) is 13.2 Å². The zero-order valence-corrected chi connectivity index (χ0v) is 13.4. The first kappa shape index (κ1) is 16.4. The van der Waals surface area contributed by atoms with Crippen molar-refractivity contribution in [2.24, 2.45) is 0 Å². The molecule has 0 heterocycles. The maximum atomic E-state index is 14.6. The van der Waals surface area contributed by atoms with Crippen molar-refractivity contribution in [3.05, 3.63) is 75.6 Å². The molecule has 2 aromatic rings. The highest BCUT2D eigenvalue weighted by Gasteiger charge is 2.16. The molecule has 0 fully saturated rings. The molecule has 122 valence electrons. The lowest BCUT2D eigenvalue weighted by Crippen LogP contribution is -2.04. The van der Waals surface area contributed by atoms with Crippen molar-refractivity contribution in [3.63, 3.8) is 0 Å². The smallest absolute Gasteiger partial charge is 0.160 e. The normalized spacial score (nSPS) is 12.9. The van der Waals surface area contributed by atoms with Gasteiger partial charge in [-0.15, -0.1) is 0 Å². The summed E-state index contributed by atoms with van der Waals surface area (Å²) < 4.78 is 40.7. The van der Waals surface area contributed by atoms with Crippen LogP contribution in [-0.4, -0.2) is 0 Å². The molecule has 1 aliphatic carbocycles. The van der Waals surface area contributed by atoms with Crippen LogP contribution in [0.4, 0.5) is 13.2 Å². The van der Waals surface area contributed by atoms with Crippen LogP contribution in [0, 0.1) is 29.3 Å². The summed E-state index contributed by atoms with van der Waals surface area (Å²) in [5.74, 6) is 3.23. The van der Waals surface area contributed by atoms with Crippen LogP contribution in [-0.2, 0) is 6.42 Å². The molecule has 24 heavy (non-hydrogen) atoms. The van der Waals surface area contributed by atoms with Gasteiger partial charge in [-0.3, -0.25) is 0 Å². The monoisotopic (exact) mass is 326 g/mol. The molecular formula is C21H17F3. The molecular weight excluding hydrogens is 309 g/mol. The summed E-state index contributed by atoms with van der Waals surface area (Å²) in [6.07, 6.45) is 5.74. The lowest BCUT2D eigenvalue weighted by Gasteiger charge is -2.17. The molecule has 0 nitrogen and oxygen atoms in total. The molecule has 0 unspecified atom stereocenters. The molecule has 0 radical (unpaired) electrons. The van der Waals surface area contributed by atoms with Gasteiger partial charge in [-0.25, -0.2) is 13.2 Å². The average molecular weight is 326 g/mol. The standard InChI is InChI=1S/C21H17F3/c1-2-3-14-5-10-18-17(12-14)9-8-16(21(18)24)7-4-15-6-11-19(22)20(23)13-15/h6,8-9,11-13H,2-3,5,10H2,1H3. The Balaban J connectivity index is 1.92. The number of benzene rings is 2. The van der Waals surface area contributed by atoms with Gasteiger partial charge in [-0.05, 0) is 54.7 Å². The quantitative estimate of drug-likeness (QED) is 0.627. The summed E-state index contributed by atoms with van der Waals surface area (Å²) in [7, 11) is 0. The van der Waals surface area contributed by atoms with E-state index in [2.05, 4.69) is 24.8 Å². The molecule has 3 rings (SSSR count). The van der Waals surface area contributed by atoms with E-state index in [1.165, 1.54) is 11.6 Å². The predicted octanol–water partition coefficient (Wildman–Crippen LogP) is 5.63. The van der Waals surface area contributed by atoms with Gasteiger partial charge in [0.15, 0.2) is 11.6 Å². The van der Waals surface area contributed by atoms with Crippen molar-refractivity contribution in [2.45, 2.75) is 32.6 Å². The highest BCUT2D eigenvalue weighted by molar-refractivity contribution is 5.62. The first-order valence-electron chi connectivity index (χ1n) is 8.06. The van der Waals surface area contributed by atoms with Crippen molar-refractivity contribution in [2.75, 3.05) is 0 Å². The molecule has 0 amide bonds. The maximum Gasteiger partial charge on any atom is 0.160 e. The Kier molecular flexibility index (Phi) is 4.76. The Labute approximate surface area is 140 Å². The Morgan fingerprint density at radius 1 is 0.958 bits per heavy atom. The third-order valence-corrected chi connectivity index (χ3v) is 4.17. The molecule has 1 aliphatic rings. The fourth-order valence-corrected chi connectivity index (χ4v) is 2.93. The fraction of sp³-hybridized carbons (Fsp3) is 0.238. The number of hydrogen-bond donors (Lipinski definition) is 0. The van der Waals surface area contributed by atoms with Gasteiger partial charge >= 0.3 is 0 Å². The number of rotatable bonds is 2. The summed E-state index contributed by atoms with van der Waals surface area (Å²) >= 11 is 0. The van der Waals surface area contributed by atoms with Crippen LogP contribution in [0.5, 0.6) is 0 Å². The van der Waals surface area contributed by atoms with Crippen LogP contribution in [0.2, 0.25) is 0 Å². The first-order chi connectivity index (χ1) is 11.6. The first-order valence-corrected chi connectivity index (χ1v) is 8.06. The van der Waals surface area contributed by atoms with Crippen molar-refractivity contribution in [1.29, 1.82) is 0 Å². The predicted molar refractivity (Wildman–Crippen MR) is 89.9 cm³/mol. The van der Waals surface area contributed by atoms with Gasteiger partial charge < -0.3 is 0 Å². The second-order valence-electron chi connectivity index (χ2n) is 5.93. The summed E-state index contributed by atoms with van der Waals surface area (Å²) in [5.41, 5.74) is 3.56. The van der Waals surface area contributed by atoms with E-state index in [0.717, 1.165) is 37.0 Å². The minimum absolute atomic E-state index is 0.283. The third kappa shape index (κ3) is 3.38. The molecule has 0 aliphatic heterocycles. The molecule has 0 saturated heterocycles. The van der Waals surface area contributed by atoms with Gasteiger partial charge in [0, 0.05) is 5.56 Å². The molecule has 0 spiro atoms. The van der Waals surface area contributed by atoms with Crippen molar-refractivity contribution < 1.29 is 13.2 Å². The zero-order chi connectivity index (χ0) is 17.1. The Hall–Kier alpha value is -2.47. The number of hydrogen-bond acceptors (Lipinski definition) is 0. The van der Waals surface area contributed by atoms with Gasteiger partial charge in [-0.2, -0.15) is 0 Å². The summed E-state index contributed by atoms with van der Waals surface area (Å²) in [4.78, 5) is 0. The lowest BCUT2D eigenvalue weighted by molar-refractivity contribution is 0.508. The number of fused-ring (bicyclic) bond motifs is 1. The van der Waals surface area contributed by atoms with Gasteiger partial charge in [-0.1, -0.05) is 42.9 Å². The molecule has 0 N–H and O–H groups in total. The van der Waals surface area contributed by atoms with E-state index in [-0.39, 0.29) is 11.4 Å². The molecule has 0 saturated carbocycles. The second-order valence-corrected chi connectivity index (χ2v) is 5.93. The third-order valence-electron chi connectivity index (χ3n) is 4.17. The van der Waals surface area contributed by atoms with E-state index < -0.39 is 11.6 Å². The molecule has 0 atom stereocenters. The van der Waals surface area contributed by atoms with E-state index in [1.807, 2.05) is 6.07 Å². The van der Waals surface area contributed by atoms with Gasteiger partial charge in [0.2, 0.25) is 0 Å². The van der Waals surface area contributed by atoms with E-state index in [0.29, 0.717) is 17.5 Å². The minimum Gasteiger partial charge on any atom is -0.205 e. The highest BCUT2D eigenvalue weighted by atomic mass is 19.2. The van der Waals surface area contributed by atoms with Crippen LogP contribution < -0.4 is 0 Å². The average Bonchev–Trinajstić information content (AvgIpc) is 2.57. The maximum absolute atomic E-state index is 14.6. The van der Waals surface area contributed by atoms with Gasteiger partial charge in [0.05, 0.1) is 5.56 Å². The Morgan fingerprint density at radius 3 is 2.54 bits per heavy atom. The topological polar surface area (TPSA) is 0 Å². The zero-order valence-electron chi connectivity index (χ0n) is 13.4. The number of allylic oxidation sites excluding steroid dienone is 1. The minimum atomic E-state index is -0.957. The van der Waals surface area contributed by atoms with Crippen LogP contribution in [0.3, 0.4) is 0 Å². The summed E-state index contributed by atoms with van der Waals surface area (Å²) in [5, 5.41) is 0.